The van der Waals surface area contributed by atoms with E-state index in [1.807, 2.05) is 31.2 Å². The van der Waals surface area contributed by atoms with E-state index in [0.717, 1.165) is 27.2 Å². The normalized spacial score (nSPS) is 9.90. The van der Waals surface area contributed by atoms with Crippen molar-refractivity contribution in [1.29, 1.82) is 0 Å². The van der Waals surface area contributed by atoms with Gasteiger partial charge in [0.25, 0.3) is 0 Å². The standard InChI is InChI=1S/C14H14N2O2S2/c1-11-15-14(20-16-11)19-9-8-18-13-6-2-4-12(10-13)5-3-7-17/h2,4,6,10,17H,7-9H2,1H3. The minimum Gasteiger partial charge on any atom is -0.493 e. The lowest BCUT2D eigenvalue weighted by molar-refractivity contribution is 0.344. The molecule has 1 aromatic heterocycles. The highest BCUT2D eigenvalue weighted by molar-refractivity contribution is 8.00. The van der Waals surface area contributed by atoms with Crippen molar-refractivity contribution in [3.05, 3.63) is 35.7 Å². The van der Waals surface area contributed by atoms with Gasteiger partial charge in [0.05, 0.1) is 6.61 Å². The Morgan fingerprint density at radius 3 is 3.10 bits per heavy atom. The molecule has 0 aliphatic rings. The molecule has 4 nitrogen and oxygen atoms in total. The Morgan fingerprint density at radius 2 is 2.35 bits per heavy atom. The van der Waals surface area contributed by atoms with Crippen molar-refractivity contribution in [3.63, 3.8) is 0 Å². The van der Waals surface area contributed by atoms with Crippen molar-refractivity contribution < 1.29 is 9.84 Å². The van der Waals surface area contributed by atoms with Gasteiger partial charge < -0.3 is 9.84 Å². The maximum absolute atomic E-state index is 8.66. The number of aromatic nitrogens is 2. The molecule has 2 rings (SSSR count). The molecule has 1 N–H and O–H groups in total. The summed E-state index contributed by atoms with van der Waals surface area (Å²) in [5, 5.41) is 8.66. The van der Waals surface area contributed by atoms with Gasteiger partial charge in [0.1, 0.15) is 18.2 Å². The fourth-order valence-corrected chi connectivity index (χ4v) is 2.96. The predicted molar refractivity (Wildman–Crippen MR) is 81.3 cm³/mol. The van der Waals surface area contributed by atoms with Crippen molar-refractivity contribution in [3.8, 4) is 17.6 Å². The number of benzene rings is 1. The molecule has 0 aliphatic heterocycles. The van der Waals surface area contributed by atoms with Gasteiger partial charge in [-0.15, -0.1) is 0 Å². The third kappa shape index (κ3) is 4.85. The minimum atomic E-state index is -0.136. The maximum atomic E-state index is 8.66. The second-order valence-corrected chi connectivity index (χ2v) is 5.89. The van der Waals surface area contributed by atoms with E-state index in [-0.39, 0.29) is 6.61 Å². The molecule has 0 atom stereocenters. The average Bonchev–Trinajstić information content (AvgIpc) is 2.87. The topological polar surface area (TPSA) is 55.2 Å². The van der Waals surface area contributed by atoms with Crippen LogP contribution in [-0.4, -0.2) is 33.4 Å². The largest absolute Gasteiger partial charge is 0.493 e. The summed E-state index contributed by atoms with van der Waals surface area (Å²) in [5.74, 6) is 7.88. The Balaban J connectivity index is 1.79. The molecule has 2 aromatic rings. The number of aryl methyl sites for hydroxylation is 1. The quantitative estimate of drug-likeness (QED) is 0.522. The Morgan fingerprint density at radius 1 is 1.45 bits per heavy atom. The minimum absolute atomic E-state index is 0.136. The van der Waals surface area contributed by atoms with E-state index in [4.69, 9.17) is 9.84 Å². The van der Waals surface area contributed by atoms with Gasteiger partial charge in [-0.2, -0.15) is 4.37 Å². The van der Waals surface area contributed by atoms with Crippen LogP contribution in [0.3, 0.4) is 0 Å². The van der Waals surface area contributed by atoms with Crippen LogP contribution in [0.4, 0.5) is 0 Å². The zero-order chi connectivity index (χ0) is 14.2. The van der Waals surface area contributed by atoms with Crippen LogP contribution in [0.1, 0.15) is 11.4 Å². The molecule has 0 saturated carbocycles. The van der Waals surface area contributed by atoms with Crippen LogP contribution in [0.25, 0.3) is 0 Å². The lowest BCUT2D eigenvalue weighted by atomic mass is 10.2. The van der Waals surface area contributed by atoms with Crippen LogP contribution >= 0.6 is 23.3 Å². The van der Waals surface area contributed by atoms with E-state index >= 15 is 0 Å². The molecular formula is C14H14N2O2S2. The van der Waals surface area contributed by atoms with E-state index in [0.29, 0.717) is 6.61 Å². The second kappa shape index (κ2) is 7.90. The van der Waals surface area contributed by atoms with Gasteiger partial charge in [-0.05, 0) is 36.7 Å². The number of aliphatic hydroxyl groups is 1. The number of hydrogen-bond acceptors (Lipinski definition) is 6. The van der Waals surface area contributed by atoms with Gasteiger partial charge in [0.15, 0.2) is 4.34 Å². The summed E-state index contributed by atoms with van der Waals surface area (Å²) in [7, 11) is 0. The Hall–Kier alpha value is -1.55. The van der Waals surface area contributed by atoms with E-state index < -0.39 is 0 Å². The highest BCUT2D eigenvalue weighted by Crippen LogP contribution is 2.20. The number of hydrogen-bond donors (Lipinski definition) is 1. The molecule has 0 spiro atoms. The number of ether oxygens (including phenoxy) is 1. The lowest BCUT2D eigenvalue weighted by Crippen LogP contribution is -2.00. The molecule has 0 radical (unpaired) electrons. The molecule has 1 heterocycles. The number of thioether (sulfide) groups is 1. The van der Waals surface area contributed by atoms with Gasteiger partial charge in [-0.3, -0.25) is 0 Å². The predicted octanol–water partition coefficient (Wildman–Crippen LogP) is 2.36. The molecule has 0 saturated heterocycles. The zero-order valence-corrected chi connectivity index (χ0v) is 12.6. The molecule has 6 heteroatoms. The molecule has 0 amide bonds. The summed E-state index contributed by atoms with van der Waals surface area (Å²) in [6, 6.07) is 7.53. The van der Waals surface area contributed by atoms with Gasteiger partial charge in [0, 0.05) is 11.3 Å². The van der Waals surface area contributed by atoms with E-state index in [2.05, 4.69) is 21.2 Å². The molecule has 104 valence electrons. The third-order valence-corrected chi connectivity index (χ3v) is 4.12. The lowest BCUT2D eigenvalue weighted by Gasteiger charge is -2.05. The molecule has 0 fully saturated rings. The maximum Gasteiger partial charge on any atom is 0.170 e. The van der Waals surface area contributed by atoms with Crippen LogP contribution in [0.5, 0.6) is 5.75 Å². The summed E-state index contributed by atoms with van der Waals surface area (Å²) < 4.78 is 10.8. The summed E-state index contributed by atoms with van der Waals surface area (Å²) in [6.07, 6.45) is 0. The van der Waals surface area contributed by atoms with Gasteiger partial charge >= 0.3 is 0 Å². The Kier molecular flexibility index (Phi) is 5.87. The summed E-state index contributed by atoms with van der Waals surface area (Å²) in [4.78, 5) is 4.28. The number of rotatable bonds is 5. The van der Waals surface area contributed by atoms with E-state index in [1.54, 1.807) is 11.8 Å². The second-order valence-electron chi connectivity index (χ2n) is 3.79. The van der Waals surface area contributed by atoms with Crippen LogP contribution in [0.2, 0.25) is 0 Å². The molecule has 0 bridgehead atoms. The monoisotopic (exact) mass is 306 g/mol. The first-order chi connectivity index (χ1) is 9.78. The smallest absolute Gasteiger partial charge is 0.170 e. The average molecular weight is 306 g/mol. The van der Waals surface area contributed by atoms with Crippen LogP contribution in [-0.2, 0) is 0 Å². The fraction of sp³-hybridized carbons (Fsp3) is 0.286. The van der Waals surface area contributed by atoms with E-state index in [1.165, 1.54) is 11.5 Å². The van der Waals surface area contributed by atoms with Gasteiger partial charge in [0.2, 0.25) is 0 Å². The van der Waals surface area contributed by atoms with Crippen LogP contribution < -0.4 is 4.74 Å². The first kappa shape index (κ1) is 14.9. The van der Waals surface area contributed by atoms with Gasteiger partial charge in [-0.1, -0.05) is 29.7 Å². The molecule has 0 unspecified atom stereocenters. The number of aliphatic hydroxyl groups excluding tert-OH is 1. The van der Waals surface area contributed by atoms with Crippen molar-refractivity contribution in [2.45, 2.75) is 11.3 Å². The van der Waals surface area contributed by atoms with Crippen molar-refractivity contribution in [2.24, 2.45) is 0 Å². The van der Waals surface area contributed by atoms with Gasteiger partial charge in [-0.25, -0.2) is 4.98 Å². The van der Waals surface area contributed by atoms with E-state index in [9.17, 15) is 0 Å². The molecule has 0 aliphatic carbocycles. The van der Waals surface area contributed by atoms with Crippen molar-refractivity contribution >= 4 is 23.3 Å². The van der Waals surface area contributed by atoms with Crippen LogP contribution in [0.15, 0.2) is 28.6 Å². The first-order valence-electron chi connectivity index (χ1n) is 6.03. The zero-order valence-electron chi connectivity index (χ0n) is 11.0. The molecule has 1 aromatic carbocycles. The third-order valence-electron chi connectivity index (χ3n) is 2.23. The fourth-order valence-electron chi connectivity index (χ4n) is 1.43. The molecule has 20 heavy (non-hydrogen) atoms. The highest BCUT2D eigenvalue weighted by atomic mass is 32.2. The highest BCUT2D eigenvalue weighted by Gasteiger charge is 2.01. The Bertz CT molecular complexity index is 617. The van der Waals surface area contributed by atoms with Crippen LogP contribution in [0, 0.1) is 18.8 Å². The van der Waals surface area contributed by atoms with Crippen molar-refractivity contribution in [2.75, 3.05) is 19.0 Å². The summed E-state index contributed by atoms with van der Waals surface area (Å²) in [5.41, 5.74) is 0.837. The summed E-state index contributed by atoms with van der Waals surface area (Å²) in [6.45, 7) is 2.35. The SMILES string of the molecule is Cc1nsc(SCCOc2cccc(C#CCO)c2)n1. The Labute approximate surface area is 126 Å². The first-order valence-corrected chi connectivity index (χ1v) is 7.79. The summed E-state index contributed by atoms with van der Waals surface area (Å²) >= 11 is 3.05. The number of nitrogens with zero attached hydrogens (tertiary/aromatic N) is 2. The van der Waals surface area contributed by atoms with Crippen molar-refractivity contribution in [1.82, 2.24) is 9.36 Å². The molecular weight excluding hydrogens is 292 g/mol.